The van der Waals surface area contributed by atoms with Crippen molar-refractivity contribution >= 4 is 5.69 Å². The fourth-order valence-electron chi connectivity index (χ4n) is 2.43. The van der Waals surface area contributed by atoms with Crippen LogP contribution >= 0.6 is 0 Å². The van der Waals surface area contributed by atoms with Gasteiger partial charge < -0.3 is 10.2 Å². The van der Waals surface area contributed by atoms with Crippen LogP contribution in [0.5, 0.6) is 0 Å². The zero-order valence-electron chi connectivity index (χ0n) is 12.8. The molecule has 0 saturated heterocycles. The molecule has 0 saturated carbocycles. The van der Waals surface area contributed by atoms with Gasteiger partial charge in [0.2, 0.25) is 0 Å². The molecule has 0 spiro atoms. The number of nitrogens with zero attached hydrogens (tertiary/aromatic N) is 2. The molecule has 4 heteroatoms. The predicted molar refractivity (Wildman–Crippen MR) is 84.8 cm³/mol. The van der Waals surface area contributed by atoms with Gasteiger partial charge in [-0.3, -0.25) is 4.98 Å². The molecule has 1 aromatic carbocycles. The average molecular weight is 287 g/mol. The fourth-order valence-corrected chi connectivity index (χ4v) is 2.43. The highest BCUT2D eigenvalue weighted by atomic mass is 19.1. The molecule has 0 aliphatic carbocycles. The minimum atomic E-state index is -0.172. The summed E-state index contributed by atoms with van der Waals surface area (Å²) in [6, 6.07) is 11.1. The van der Waals surface area contributed by atoms with Gasteiger partial charge in [0, 0.05) is 30.0 Å². The van der Waals surface area contributed by atoms with Crippen molar-refractivity contribution in [3.05, 3.63) is 59.7 Å². The molecule has 0 radical (unpaired) electrons. The molecule has 21 heavy (non-hydrogen) atoms. The first-order valence-corrected chi connectivity index (χ1v) is 7.27. The first-order chi connectivity index (χ1) is 10.2. The normalized spacial score (nSPS) is 12.2. The van der Waals surface area contributed by atoms with Gasteiger partial charge in [0.25, 0.3) is 0 Å². The zero-order valence-corrected chi connectivity index (χ0v) is 12.8. The summed E-state index contributed by atoms with van der Waals surface area (Å²) in [7, 11) is 1.84. The minimum Gasteiger partial charge on any atom is -0.366 e. The van der Waals surface area contributed by atoms with Crippen LogP contribution < -0.4 is 10.2 Å². The highest BCUT2D eigenvalue weighted by Gasteiger charge is 2.18. The number of halogens is 1. The van der Waals surface area contributed by atoms with Crippen molar-refractivity contribution in [2.24, 2.45) is 0 Å². The highest BCUT2D eigenvalue weighted by molar-refractivity contribution is 5.55. The molecule has 2 rings (SSSR count). The zero-order chi connectivity index (χ0) is 15.2. The van der Waals surface area contributed by atoms with Crippen LogP contribution in [-0.2, 0) is 6.54 Å². The number of nitrogens with one attached hydrogen (secondary N) is 1. The van der Waals surface area contributed by atoms with Gasteiger partial charge in [-0.05, 0) is 45.2 Å². The van der Waals surface area contributed by atoms with Crippen molar-refractivity contribution in [3.63, 3.8) is 0 Å². The monoisotopic (exact) mass is 287 g/mol. The molecule has 112 valence electrons. The Kier molecular flexibility index (Phi) is 5.28. The molecule has 0 aliphatic heterocycles. The molecule has 1 aromatic heterocycles. The first kappa shape index (κ1) is 15.4. The number of rotatable bonds is 6. The molecular weight excluding hydrogens is 265 g/mol. The Labute approximate surface area is 125 Å². The Bertz CT molecular complexity index is 572. The second-order valence-electron chi connectivity index (χ2n) is 5.02. The Balaban J connectivity index is 2.36. The second kappa shape index (κ2) is 7.18. The number of pyridine rings is 1. The third-order valence-electron chi connectivity index (χ3n) is 3.70. The van der Waals surface area contributed by atoms with Crippen LogP contribution in [0, 0.1) is 5.82 Å². The summed E-state index contributed by atoms with van der Waals surface area (Å²) in [4.78, 5) is 6.51. The van der Waals surface area contributed by atoms with E-state index >= 15 is 0 Å². The molecule has 1 unspecified atom stereocenters. The lowest BCUT2D eigenvalue weighted by molar-refractivity contribution is 0.559. The molecule has 0 aliphatic rings. The Morgan fingerprint density at radius 2 is 2.05 bits per heavy atom. The van der Waals surface area contributed by atoms with Crippen LogP contribution in [0.15, 0.2) is 42.6 Å². The predicted octanol–water partition coefficient (Wildman–Crippen LogP) is 3.53. The van der Waals surface area contributed by atoms with Gasteiger partial charge in [-0.1, -0.05) is 12.1 Å². The van der Waals surface area contributed by atoms with E-state index in [0.29, 0.717) is 12.1 Å². The molecule has 0 bridgehead atoms. The summed E-state index contributed by atoms with van der Waals surface area (Å²) in [5, 5.41) is 3.12. The van der Waals surface area contributed by atoms with Gasteiger partial charge in [0.05, 0.1) is 12.2 Å². The topological polar surface area (TPSA) is 28.2 Å². The van der Waals surface area contributed by atoms with E-state index in [1.807, 2.05) is 38.2 Å². The average Bonchev–Trinajstić information content (AvgIpc) is 2.52. The van der Waals surface area contributed by atoms with E-state index in [9.17, 15) is 4.39 Å². The molecule has 0 amide bonds. The second-order valence-corrected chi connectivity index (χ2v) is 5.02. The van der Waals surface area contributed by atoms with Crippen molar-refractivity contribution in [3.8, 4) is 0 Å². The van der Waals surface area contributed by atoms with E-state index in [-0.39, 0.29) is 11.9 Å². The van der Waals surface area contributed by atoms with Gasteiger partial charge in [-0.25, -0.2) is 4.39 Å². The number of aromatic nitrogens is 1. The van der Waals surface area contributed by atoms with Crippen molar-refractivity contribution in [2.45, 2.75) is 26.4 Å². The molecule has 1 N–H and O–H groups in total. The highest BCUT2D eigenvalue weighted by Crippen LogP contribution is 2.29. The Morgan fingerprint density at radius 1 is 1.24 bits per heavy atom. The van der Waals surface area contributed by atoms with Gasteiger partial charge in [0.15, 0.2) is 0 Å². The number of hydrogen-bond donors (Lipinski definition) is 1. The van der Waals surface area contributed by atoms with Gasteiger partial charge >= 0.3 is 0 Å². The third-order valence-corrected chi connectivity index (χ3v) is 3.70. The van der Waals surface area contributed by atoms with Crippen LogP contribution in [0.4, 0.5) is 10.1 Å². The summed E-state index contributed by atoms with van der Waals surface area (Å²) >= 11 is 0. The molecule has 3 nitrogen and oxygen atoms in total. The molecule has 1 atom stereocenters. The van der Waals surface area contributed by atoms with Gasteiger partial charge in [-0.2, -0.15) is 0 Å². The van der Waals surface area contributed by atoms with Crippen LogP contribution in [0.3, 0.4) is 0 Å². The molecular formula is C17H22FN3. The van der Waals surface area contributed by atoms with Gasteiger partial charge in [-0.15, -0.1) is 0 Å². The maximum absolute atomic E-state index is 14.2. The third kappa shape index (κ3) is 3.58. The van der Waals surface area contributed by atoms with Crippen LogP contribution in [0.1, 0.15) is 31.1 Å². The smallest absolute Gasteiger partial charge is 0.130 e. The van der Waals surface area contributed by atoms with E-state index in [1.54, 1.807) is 12.3 Å². The van der Waals surface area contributed by atoms with Crippen LogP contribution in [0.25, 0.3) is 0 Å². The fraction of sp³-hybridized carbons (Fsp3) is 0.353. The van der Waals surface area contributed by atoms with E-state index in [2.05, 4.69) is 22.1 Å². The SMILES string of the molecule is CCN(Cc1ccccn1)c1cccc(F)c1C(C)NC. The summed E-state index contributed by atoms with van der Waals surface area (Å²) in [6.45, 7) is 5.51. The number of benzene rings is 1. The Morgan fingerprint density at radius 3 is 2.67 bits per heavy atom. The molecule has 1 heterocycles. The maximum Gasteiger partial charge on any atom is 0.130 e. The van der Waals surface area contributed by atoms with Crippen molar-refractivity contribution in [1.82, 2.24) is 10.3 Å². The number of anilines is 1. The van der Waals surface area contributed by atoms with Crippen LogP contribution in [0.2, 0.25) is 0 Å². The first-order valence-electron chi connectivity index (χ1n) is 7.27. The van der Waals surface area contributed by atoms with E-state index in [0.717, 1.165) is 17.9 Å². The van der Waals surface area contributed by atoms with Crippen LogP contribution in [-0.4, -0.2) is 18.6 Å². The van der Waals surface area contributed by atoms with E-state index < -0.39 is 0 Å². The lowest BCUT2D eigenvalue weighted by Crippen LogP contribution is -2.26. The van der Waals surface area contributed by atoms with Gasteiger partial charge in [0.1, 0.15) is 5.82 Å². The molecule has 0 fully saturated rings. The standard InChI is InChI=1S/C17H22FN3/c1-4-21(12-14-8-5-6-11-20-14)16-10-7-9-15(18)17(16)13(2)19-3/h5-11,13,19H,4,12H2,1-3H3. The molecule has 2 aromatic rings. The van der Waals surface area contributed by atoms with Crippen molar-refractivity contribution in [2.75, 3.05) is 18.5 Å². The summed E-state index contributed by atoms with van der Waals surface area (Å²) < 4.78 is 14.2. The largest absolute Gasteiger partial charge is 0.366 e. The van der Waals surface area contributed by atoms with E-state index in [4.69, 9.17) is 0 Å². The number of hydrogen-bond acceptors (Lipinski definition) is 3. The summed E-state index contributed by atoms with van der Waals surface area (Å²) in [5.41, 5.74) is 2.61. The maximum atomic E-state index is 14.2. The minimum absolute atomic E-state index is 0.0426. The lowest BCUT2D eigenvalue weighted by Gasteiger charge is -2.27. The summed E-state index contributed by atoms with van der Waals surface area (Å²) in [6.07, 6.45) is 1.78. The van der Waals surface area contributed by atoms with Crippen molar-refractivity contribution in [1.29, 1.82) is 0 Å². The quantitative estimate of drug-likeness (QED) is 0.881. The van der Waals surface area contributed by atoms with Crippen molar-refractivity contribution < 1.29 is 4.39 Å². The Hall–Kier alpha value is -1.94. The summed E-state index contributed by atoms with van der Waals surface area (Å²) in [5.74, 6) is -0.172. The van der Waals surface area contributed by atoms with E-state index in [1.165, 1.54) is 6.07 Å². The lowest BCUT2D eigenvalue weighted by atomic mass is 10.0.